The maximum atomic E-state index is 15.7. The van der Waals surface area contributed by atoms with Gasteiger partial charge in [0.05, 0.1) is 41.9 Å². The lowest BCUT2D eigenvalue weighted by molar-refractivity contribution is 0.559. The van der Waals surface area contributed by atoms with Crippen molar-refractivity contribution < 1.29 is 4.39 Å². The number of nitrogens with one attached hydrogen (secondary N) is 3. The first-order valence-corrected chi connectivity index (χ1v) is 17.4. The van der Waals surface area contributed by atoms with Crippen LogP contribution in [0.1, 0.15) is 68.6 Å². The van der Waals surface area contributed by atoms with E-state index in [1.165, 1.54) is 0 Å². The molecule has 3 aliphatic rings. The molecule has 0 amide bonds. The largest absolute Gasteiger partial charge is 0.375 e. The predicted molar refractivity (Wildman–Crippen MR) is 202 cm³/mol. The average Bonchev–Trinajstić information content (AvgIpc) is 3.59. The van der Waals surface area contributed by atoms with Gasteiger partial charge in [0, 0.05) is 64.5 Å². The summed E-state index contributed by atoms with van der Waals surface area (Å²) in [6, 6.07) is 10.2. The van der Waals surface area contributed by atoms with Crippen molar-refractivity contribution in [2.45, 2.75) is 73.1 Å². The van der Waals surface area contributed by atoms with E-state index in [2.05, 4.69) is 102 Å². The quantitative estimate of drug-likeness (QED) is 0.161. The third-order valence-electron chi connectivity index (χ3n) is 9.75. The molecule has 254 valence electrons. The van der Waals surface area contributed by atoms with Crippen LogP contribution in [0, 0.1) is 25.6 Å². The first-order chi connectivity index (χ1) is 24.0. The lowest BCUT2D eigenvalue weighted by atomic mass is 9.95. The van der Waals surface area contributed by atoms with Crippen LogP contribution in [0.15, 0.2) is 71.2 Å². The van der Waals surface area contributed by atoms with Crippen molar-refractivity contribution in [3.05, 3.63) is 95.0 Å². The maximum absolute atomic E-state index is 15.7. The second-order valence-electron chi connectivity index (χ2n) is 14.4. The Hall–Kier alpha value is -5.22. The van der Waals surface area contributed by atoms with Gasteiger partial charge in [0.2, 0.25) is 0 Å². The number of aliphatic imine (C=N–C) groups is 2. The summed E-state index contributed by atoms with van der Waals surface area (Å²) in [6.07, 6.45) is 9.90. The van der Waals surface area contributed by atoms with E-state index >= 15 is 4.39 Å². The van der Waals surface area contributed by atoms with Crippen molar-refractivity contribution in [3.63, 3.8) is 0 Å². The summed E-state index contributed by atoms with van der Waals surface area (Å²) in [5, 5.41) is 11.7. The topological polar surface area (TPSA) is 104 Å². The van der Waals surface area contributed by atoms with Gasteiger partial charge in [-0.15, -0.1) is 0 Å². The molecule has 2 atom stereocenters. The molecule has 7 heterocycles. The average molecular weight is 668 g/mol. The molecule has 3 aliphatic heterocycles. The lowest BCUT2D eigenvalue weighted by Gasteiger charge is -2.30. The molecule has 0 fully saturated rings. The highest BCUT2D eigenvalue weighted by molar-refractivity contribution is 6.02. The molecule has 1 aromatic carbocycles. The zero-order valence-electron chi connectivity index (χ0n) is 29.6. The summed E-state index contributed by atoms with van der Waals surface area (Å²) >= 11 is 0. The molecule has 0 spiro atoms. The van der Waals surface area contributed by atoms with Gasteiger partial charge in [0.15, 0.2) is 0 Å². The zero-order chi connectivity index (χ0) is 34.8. The van der Waals surface area contributed by atoms with Gasteiger partial charge in [0.25, 0.3) is 0 Å². The third kappa shape index (κ3) is 5.57. The van der Waals surface area contributed by atoms with E-state index in [0.29, 0.717) is 18.8 Å². The van der Waals surface area contributed by atoms with Crippen molar-refractivity contribution in [1.82, 2.24) is 24.8 Å². The molecule has 50 heavy (non-hydrogen) atoms. The van der Waals surface area contributed by atoms with Crippen LogP contribution in [0.4, 0.5) is 27.3 Å². The maximum Gasteiger partial charge on any atom is 0.149 e. The second kappa shape index (κ2) is 12.3. The Morgan fingerprint density at radius 3 is 2.52 bits per heavy atom. The van der Waals surface area contributed by atoms with Gasteiger partial charge >= 0.3 is 0 Å². The van der Waals surface area contributed by atoms with Crippen molar-refractivity contribution in [2.24, 2.45) is 15.9 Å². The van der Waals surface area contributed by atoms with E-state index in [0.717, 1.165) is 84.3 Å². The molecule has 9 nitrogen and oxygen atoms in total. The van der Waals surface area contributed by atoms with E-state index in [-0.39, 0.29) is 29.9 Å². The molecule has 3 N–H and O–H groups in total. The fourth-order valence-corrected chi connectivity index (χ4v) is 7.40. The number of fused-ring (bicyclic) bond motifs is 4. The first kappa shape index (κ1) is 32.0. The molecular weight excluding hydrogens is 626 g/mol. The first-order valence-electron chi connectivity index (χ1n) is 17.4. The predicted octanol–water partition coefficient (Wildman–Crippen LogP) is 8.47. The Balaban J connectivity index is 1.17. The molecule has 5 aromatic rings. The van der Waals surface area contributed by atoms with E-state index in [9.17, 15) is 0 Å². The fourth-order valence-electron chi connectivity index (χ4n) is 7.40. The number of anilines is 2. The molecule has 0 radical (unpaired) electrons. The molecule has 0 saturated heterocycles. The van der Waals surface area contributed by atoms with Crippen LogP contribution in [-0.4, -0.2) is 49.6 Å². The molecule has 0 bridgehead atoms. The van der Waals surface area contributed by atoms with Crippen molar-refractivity contribution >= 4 is 50.9 Å². The summed E-state index contributed by atoms with van der Waals surface area (Å²) in [5.41, 5.74) is 12.7. The number of halogens is 1. The molecule has 1 unspecified atom stereocenters. The summed E-state index contributed by atoms with van der Waals surface area (Å²) in [7, 11) is 0. The van der Waals surface area contributed by atoms with Crippen molar-refractivity contribution in [3.8, 4) is 11.1 Å². The Kier molecular flexibility index (Phi) is 7.86. The monoisotopic (exact) mass is 667 g/mol. The number of benzene rings is 1. The summed E-state index contributed by atoms with van der Waals surface area (Å²) in [5.74, 6) is 0.826. The molecular formula is C40H42FN9. The minimum Gasteiger partial charge on any atom is -0.375 e. The molecule has 4 aromatic heterocycles. The minimum absolute atomic E-state index is 0.0114. The van der Waals surface area contributed by atoms with Crippen LogP contribution in [0.5, 0.6) is 0 Å². The minimum atomic E-state index is -0.314. The smallest absolute Gasteiger partial charge is 0.149 e. The number of aryl methyl sites for hydroxylation is 2. The highest BCUT2D eigenvalue weighted by Gasteiger charge is 2.30. The van der Waals surface area contributed by atoms with Gasteiger partial charge in [-0.05, 0) is 87.6 Å². The van der Waals surface area contributed by atoms with E-state index in [1.54, 1.807) is 6.07 Å². The van der Waals surface area contributed by atoms with Crippen LogP contribution in [0.25, 0.3) is 27.7 Å². The van der Waals surface area contributed by atoms with E-state index in [4.69, 9.17) is 15.0 Å². The SMILES string of the molecule is CC1=Nc2c(F)cc(-c3cn(CC4=Nc5cnc(C6=CCNc7ncc(C)cc76)cc5N[C@H]4C(C)C)c4ncc(C)cc34)cc2C1NC(C)C. The highest BCUT2D eigenvalue weighted by atomic mass is 19.1. The Bertz CT molecular complexity index is 2280. The summed E-state index contributed by atoms with van der Waals surface area (Å²) < 4.78 is 17.8. The van der Waals surface area contributed by atoms with Gasteiger partial charge < -0.3 is 20.5 Å². The lowest BCUT2D eigenvalue weighted by Crippen LogP contribution is -2.38. The Morgan fingerprint density at radius 1 is 0.920 bits per heavy atom. The number of nitrogens with zero attached hydrogens (tertiary/aromatic N) is 6. The van der Waals surface area contributed by atoms with E-state index < -0.39 is 0 Å². The summed E-state index contributed by atoms with van der Waals surface area (Å²) in [4.78, 5) is 24.2. The van der Waals surface area contributed by atoms with Crippen LogP contribution < -0.4 is 16.0 Å². The highest BCUT2D eigenvalue weighted by Crippen LogP contribution is 2.42. The van der Waals surface area contributed by atoms with Gasteiger partial charge in [-0.25, -0.2) is 19.4 Å². The fraction of sp³-hybridized carbons (Fsp3) is 0.325. The van der Waals surface area contributed by atoms with Crippen LogP contribution >= 0.6 is 0 Å². The van der Waals surface area contributed by atoms with Crippen LogP contribution in [-0.2, 0) is 6.54 Å². The van der Waals surface area contributed by atoms with Gasteiger partial charge in [-0.2, -0.15) is 0 Å². The van der Waals surface area contributed by atoms with Crippen molar-refractivity contribution in [2.75, 3.05) is 17.2 Å². The normalized spacial score (nSPS) is 17.9. The van der Waals surface area contributed by atoms with Gasteiger partial charge in [-0.3, -0.25) is 9.98 Å². The Labute approximate surface area is 291 Å². The number of pyridine rings is 3. The zero-order valence-corrected chi connectivity index (χ0v) is 29.6. The standard InChI is InChI=1S/C40H42FN9/c1-20(2)36-35(48-34-17-43-32(14-33(34)49-36)26-8-9-42-39-27(26)10-22(5)15-44-39)19-50-18-30(28-11-23(6)16-45-40(28)50)25-12-29-37(46-21(3)4)24(7)47-38(29)31(41)13-25/h8,10-18,20-21,36-37,46,49H,9,19H2,1-7H3,(H,42,44)/t36-,37?/m0/s1. The molecule has 8 rings (SSSR count). The van der Waals surface area contributed by atoms with E-state index in [1.807, 2.05) is 32.4 Å². The number of hydrogen-bond donors (Lipinski definition) is 3. The second-order valence-corrected chi connectivity index (χ2v) is 14.4. The summed E-state index contributed by atoms with van der Waals surface area (Å²) in [6.45, 7) is 15.9. The van der Waals surface area contributed by atoms with Gasteiger partial charge in [-0.1, -0.05) is 19.9 Å². The Morgan fingerprint density at radius 2 is 1.72 bits per heavy atom. The number of hydrogen-bond acceptors (Lipinski definition) is 8. The number of rotatable bonds is 7. The molecule has 0 saturated carbocycles. The van der Waals surface area contributed by atoms with Crippen LogP contribution in [0.3, 0.4) is 0 Å². The molecule has 0 aliphatic carbocycles. The molecule has 10 heteroatoms. The van der Waals surface area contributed by atoms with Crippen LogP contribution in [0.2, 0.25) is 0 Å². The van der Waals surface area contributed by atoms with Crippen molar-refractivity contribution in [1.29, 1.82) is 0 Å². The van der Waals surface area contributed by atoms with Gasteiger partial charge in [0.1, 0.15) is 28.7 Å². The third-order valence-corrected chi connectivity index (χ3v) is 9.75. The number of aromatic nitrogens is 4.